The van der Waals surface area contributed by atoms with E-state index in [1.807, 2.05) is 42.5 Å². The number of rotatable bonds is 2. The summed E-state index contributed by atoms with van der Waals surface area (Å²) in [5, 5.41) is 14.6. The summed E-state index contributed by atoms with van der Waals surface area (Å²) in [6, 6.07) is 13.6. The third-order valence-electron chi connectivity index (χ3n) is 3.27. The smallest absolute Gasteiger partial charge is 0.319 e. The molecule has 3 N–H and O–H groups in total. The molecule has 3 rings (SSSR count). The van der Waals surface area contributed by atoms with E-state index in [4.69, 9.17) is 5.11 Å². The Labute approximate surface area is 111 Å². The summed E-state index contributed by atoms with van der Waals surface area (Å²) in [4.78, 5) is 11.3. The molecule has 0 spiro atoms. The van der Waals surface area contributed by atoms with Gasteiger partial charge in [-0.3, -0.25) is 0 Å². The molecule has 96 valence electrons. The summed E-state index contributed by atoms with van der Waals surface area (Å²) in [6.45, 7) is 0.608. The van der Waals surface area contributed by atoms with E-state index in [0.717, 1.165) is 27.9 Å². The first-order valence-corrected chi connectivity index (χ1v) is 6.14. The minimum absolute atomic E-state index is 0.0478. The first-order valence-electron chi connectivity index (χ1n) is 6.14. The van der Waals surface area contributed by atoms with Gasteiger partial charge in [-0.15, -0.1) is 0 Å². The second-order valence-electron chi connectivity index (χ2n) is 4.53. The Morgan fingerprint density at radius 3 is 2.53 bits per heavy atom. The van der Waals surface area contributed by atoms with Crippen molar-refractivity contribution in [2.75, 3.05) is 5.32 Å². The van der Waals surface area contributed by atoms with E-state index in [1.165, 1.54) is 0 Å². The van der Waals surface area contributed by atoms with Gasteiger partial charge < -0.3 is 15.7 Å². The largest absolute Gasteiger partial charge is 0.392 e. The molecule has 0 atom stereocenters. The van der Waals surface area contributed by atoms with Gasteiger partial charge in [0, 0.05) is 12.2 Å². The van der Waals surface area contributed by atoms with Crippen molar-refractivity contribution >= 4 is 11.7 Å². The molecule has 2 amide bonds. The lowest BCUT2D eigenvalue weighted by atomic mass is 10.0. The van der Waals surface area contributed by atoms with Crippen molar-refractivity contribution in [2.24, 2.45) is 0 Å². The van der Waals surface area contributed by atoms with E-state index in [1.54, 1.807) is 0 Å². The number of hydrogen-bond acceptors (Lipinski definition) is 2. The first kappa shape index (κ1) is 11.7. The first-order chi connectivity index (χ1) is 9.26. The van der Waals surface area contributed by atoms with Crippen LogP contribution in [0.4, 0.5) is 10.5 Å². The molecule has 2 aromatic rings. The zero-order chi connectivity index (χ0) is 13.2. The lowest BCUT2D eigenvalue weighted by Gasteiger charge is -2.19. The van der Waals surface area contributed by atoms with Crippen LogP contribution in [0.1, 0.15) is 11.1 Å². The monoisotopic (exact) mass is 254 g/mol. The molecular formula is C15H14N2O2. The zero-order valence-electron chi connectivity index (χ0n) is 10.3. The normalized spacial score (nSPS) is 13.4. The summed E-state index contributed by atoms with van der Waals surface area (Å²) in [7, 11) is 0. The lowest BCUT2D eigenvalue weighted by molar-refractivity contribution is 0.251. The Bertz CT molecular complexity index is 621. The van der Waals surface area contributed by atoms with Gasteiger partial charge in [0.1, 0.15) is 0 Å². The number of carbonyl (C=O) groups excluding carboxylic acids is 1. The van der Waals surface area contributed by atoms with E-state index < -0.39 is 0 Å². The summed E-state index contributed by atoms with van der Waals surface area (Å²) in [6.07, 6.45) is 0. The van der Waals surface area contributed by atoms with Gasteiger partial charge in [0.05, 0.1) is 6.61 Å². The standard InChI is InChI=1S/C15H14N2O2/c18-9-10-1-3-11(4-2-10)12-5-6-13-8-16-15(19)17-14(13)7-12/h1-7,18H,8-9H2,(H2,16,17,19). The second-order valence-corrected chi connectivity index (χ2v) is 4.53. The maximum Gasteiger partial charge on any atom is 0.319 e. The predicted molar refractivity (Wildman–Crippen MR) is 73.7 cm³/mol. The van der Waals surface area contributed by atoms with Crippen molar-refractivity contribution in [1.82, 2.24) is 5.32 Å². The molecule has 1 heterocycles. The SMILES string of the molecule is O=C1NCc2ccc(-c3ccc(CO)cc3)cc2N1. The third-order valence-corrected chi connectivity index (χ3v) is 3.27. The van der Waals surface area contributed by atoms with E-state index in [9.17, 15) is 4.79 Å². The van der Waals surface area contributed by atoms with Crippen LogP contribution < -0.4 is 10.6 Å². The van der Waals surface area contributed by atoms with Crippen molar-refractivity contribution < 1.29 is 9.90 Å². The molecule has 0 fully saturated rings. The van der Waals surface area contributed by atoms with Crippen LogP contribution in [0.5, 0.6) is 0 Å². The van der Waals surface area contributed by atoms with E-state index in [0.29, 0.717) is 6.54 Å². The van der Waals surface area contributed by atoms with Gasteiger partial charge in [-0.05, 0) is 28.3 Å². The molecule has 19 heavy (non-hydrogen) atoms. The highest BCUT2D eigenvalue weighted by molar-refractivity contribution is 5.93. The van der Waals surface area contributed by atoms with Crippen LogP contribution in [0.15, 0.2) is 42.5 Å². The van der Waals surface area contributed by atoms with E-state index in [2.05, 4.69) is 10.6 Å². The summed E-state index contributed by atoms with van der Waals surface area (Å²) >= 11 is 0. The van der Waals surface area contributed by atoms with Crippen LogP contribution >= 0.6 is 0 Å². The van der Waals surface area contributed by atoms with Crippen LogP contribution in [0, 0.1) is 0 Å². The number of hydrogen-bond donors (Lipinski definition) is 3. The highest BCUT2D eigenvalue weighted by atomic mass is 16.3. The fraction of sp³-hybridized carbons (Fsp3) is 0.133. The van der Waals surface area contributed by atoms with E-state index in [-0.39, 0.29) is 12.6 Å². The number of fused-ring (bicyclic) bond motifs is 1. The van der Waals surface area contributed by atoms with Crippen LogP contribution in [0.3, 0.4) is 0 Å². The highest BCUT2D eigenvalue weighted by Crippen LogP contribution is 2.27. The molecular weight excluding hydrogens is 240 g/mol. The maximum absolute atomic E-state index is 11.3. The average molecular weight is 254 g/mol. The van der Waals surface area contributed by atoms with Crippen molar-refractivity contribution in [3.05, 3.63) is 53.6 Å². The van der Waals surface area contributed by atoms with Crippen LogP contribution in [-0.4, -0.2) is 11.1 Å². The number of aliphatic hydroxyl groups excluding tert-OH is 1. The third kappa shape index (κ3) is 2.30. The number of urea groups is 1. The fourth-order valence-corrected chi connectivity index (χ4v) is 2.17. The number of benzene rings is 2. The quantitative estimate of drug-likeness (QED) is 0.771. The minimum Gasteiger partial charge on any atom is -0.392 e. The Kier molecular flexibility index (Phi) is 2.93. The molecule has 1 aliphatic rings. The van der Waals surface area contributed by atoms with Crippen molar-refractivity contribution in [2.45, 2.75) is 13.2 Å². The summed E-state index contributed by atoms with van der Waals surface area (Å²) in [5.74, 6) is 0. The van der Waals surface area contributed by atoms with Gasteiger partial charge in [-0.25, -0.2) is 4.79 Å². The van der Waals surface area contributed by atoms with Gasteiger partial charge in [0.25, 0.3) is 0 Å². The summed E-state index contributed by atoms with van der Waals surface area (Å²) in [5.41, 5.74) is 4.93. The minimum atomic E-state index is -0.166. The molecule has 0 radical (unpaired) electrons. The van der Waals surface area contributed by atoms with E-state index >= 15 is 0 Å². The number of nitrogens with one attached hydrogen (secondary N) is 2. The molecule has 0 saturated carbocycles. The van der Waals surface area contributed by atoms with Gasteiger partial charge in [0.2, 0.25) is 0 Å². The number of carbonyl (C=O) groups is 1. The highest BCUT2D eigenvalue weighted by Gasteiger charge is 2.14. The average Bonchev–Trinajstić information content (AvgIpc) is 2.46. The van der Waals surface area contributed by atoms with Crippen LogP contribution in [0.25, 0.3) is 11.1 Å². The Hall–Kier alpha value is -2.33. The molecule has 1 aliphatic heterocycles. The van der Waals surface area contributed by atoms with Crippen molar-refractivity contribution in [3.8, 4) is 11.1 Å². The molecule has 4 nitrogen and oxygen atoms in total. The number of amides is 2. The Morgan fingerprint density at radius 1 is 1.05 bits per heavy atom. The molecule has 4 heteroatoms. The van der Waals surface area contributed by atoms with Gasteiger partial charge in [-0.2, -0.15) is 0 Å². The molecule has 0 bridgehead atoms. The van der Waals surface area contributed by atoms with Gasteiger partial charge in [0.15, 0.2) is 0 Å². The second kappa shape index (κ2) is 4.74. The Morgan fingerprint density at radius 2 is 1.79 bits per heavy atom. The molecule has 0 aliphatic carbocycles. The predicted octanol–water partition coefficient (Wildman–Crippen LogP) is 2.48. The van der Waals surface area contributed by atoms with Crippen LogP contribution in [-0.2, 0) is 13.2 Å². The maximum atomic E-state index is 11.3. The summed E-state index contributed by atoms with van der Waals surface area (Å²) < 4.78 is 0. The van der Waals surface area contributed by atoms with Crippen molar-refractivity contribution in [3.63, 3.8) is 0 Å². The van der Waals surface area contributed by atoms with Crippen molar-refractivity contribution in [1.29, 1.82) is 0 Å². The topological polar surface area (TPSA) is 61.4 Å². The van der Waals surface area contributed by atoms with Crippen LogP contribution in [0.2, 0.25) is 0 Å². The molecule has 0 saturated heterocycles. The zero-order valence-corrected chi connectivity index (χ0v) is 10.3. The number of aliphatic hydroxyl groups is 1. The van der Waals surface area contributed by atoms with Gasteiger partial charge >= 0.3 is 6.03 Å². The molecule has 2 aromatic carbocycles. The van der Waals surface area contributed by atoms with Gasteiger partial charge in [-0.1, -0.05) is 36.4 Å². The molecule has 0 unspecified atom stereocenters. The lowest BCUT2D eigenvalue weighted by Crippen LogP contribution is -2.33. The molecule has 0 aromatic heterocycles. The number of anilines is 1. The fourth-order valence-electron chi connectivity index (χ4n) is 2.17. The Balaban J connectivity index is 1.96.